The fourth-order valence-corrected chi connectivity index (χ4v) is 3.32. The molecule has 34 heavy (non-hydrogen) atoms. The first-order valence-corrected chi connectivity index (χ1v) is 12.7. The third-order valence-electron chi connectivity index (χ3n) is 5.32. The summed E-state index contributed by atoms with van der Waals surface area (Å²) in [5.74, 6) is 3.73. The molecule has 0 aliphatic rings. The highest BCUT2D eigenvalue weighted by molar-refractivity contribution is 5.27. The number of nitrogens with zero attached hydrogens (tertiary/aromatic N) is 2. The maximum Gasteiger partial charge on any atom is 0.200 e. The average Bonchev–Trinajstić information content (AvgIpc) is 3.18. The van der Waals surface area contributed by atoms with Crippen molar-refractivity contribution in [2.24, 2.45) is 0 Å². The van der Waals surface area contributed by atoms with Gasteiger partial charge < -0.3 is 8.83 Å². The van der Waals surface area contributed by atoms with Gasteiger partial charge in [-0.3, -0.25) is 0 Å². The summed E-state index contributed by atoms with van der Waals surface area (Å²) in [6.45, 7) is 39.0. The number of hydrogen-bond donors (Lipinski definition) is 0. The van der Waals surface area contributed by atoms with E-state index in [2.05, 4.69) is 125 Å². The van der Waals surface area contributed by atoms with E-state index in [1.165, 1.54) is 0 Å². The SMILES string of the molecule is CC(C)(C)c1nc(C(C)(C)C)c(C(C)(C)C)o1.CC(C)(C)c1nc(C(C)(C)C)c(C(C)(C)C)o1. The smallest absolute Gasteiger partial charge is 0.200 e. The first kappa shape index (κ1) is 30.5. The molecule has 0 radical (unpaired) electrons. The normalized spacial score (nSPS) is 14.2. The summed E-state index contributed by atoms with van der Waals surface area (Å²) in [4.78, 5) is 9.51. The molecule has 4 heteroatoms. The van der Waals surface area contributed by atoms with Gasteiger partial charge in [-0.05, 0) is 0 Å². The van der Waals surface area contributed by atoms with Gasteiger partial charge in [0, 0.05) is 32.5 Å². The highest BCUT2D eigenvalue weighted by Gasteiger charge is 2.35. The van der Waals surface area contributed by atoms with Crippen LogP contribution in [0.1, 0.15) is 159 Å². The first-order valence-electron chi connectivity index (χ1n) is 12.7. The Kier molecular flexibility index (Phi) is 8.18. The van der Waals surface area contributed by atoms with Crippen LogP contribution in [-0.4, -0.2) is 9.97 Å². The maximum absolute atomic E-state index is 6.06. The molecule has 0 aliphatic heterocycles. The van der Waals surface area contributed by atoms with Crippen LogP contribution in [0.4, 0.5) is 0 Å². The molecule has 196 valence electrons. The Morgan fingerprint density at radius 3 is 0.706 bits per heavy atom. The summed E-state index contributed by atoms with van der Waals surface area (Å²) in [5, 5.41) is 0. The third-order valence-corrected chi connectivity index (χ3v) is 5.32. The largest absolute Gasteiger partial charge is 0.444 e. The van der Waals surface area contributed by atoms with Crippen LogP contribution in [-0.2, 0) is 32.5 Å². The summed E-state index contributed by atoms with van der Waals surface area (Å²) in [5.41, 5.74) is 2.15. The van der Waals surface area contributed by atoms with Gasteiger partial charge >= 0.3 is 0 Å². The molecule has 0 unspecified atom stereocenters. The highest BCUT2D eigenvalue weighted by atomic mass is 16.4. The lowest BCUT2D eigenvalue weighted by Crippen LogP contribution is -2.21. The standard InChI is InChI=1S/2C15H27NO/c2*1-13(2,3)10-11(14(4,5)6)17-12(16-10)15(7,8)9/h2*1-9H3. The molecule has 0 fully saturated rings. The zero-order valence-electron chi connectivity index (χ0n) is 25.7. The summed E-state index contributed by atoms with van der Waals surface area (Å²) < 4.78 is 12.1. The van der Waals surface area contributed by atoms with E-state index >= 15 is 0 Å². The molecule has 2 rings (SSSR count). The number of aromatic nitrogens is 2. The Balaban J connectivity index is 0.000000340. The molecular weight excluding hydrogens is 420 g/mol. The predicted molar refractivity (Wildman–Crippen MR) is 145 cm³/mol. The van der Waals surface area contributed by atoms with Gasteiger partial charge in [-0.25, -0.2) is 9.97 Å². The molecule has 0 aromatic carbocycles. The van der Waals surface area contributed by atoms with Crippen LogP contribution < -0.4 is 0 Å². The number of oxazole rings is 2. The molecular formula is C30H54N2O2. The van der Waals surface area contributed by atoms with Crippen LogP contribution in [0.25, 0.3) is 0 Å². The van der Waals surface area contributed by atoms with Crippen molar-refractivity contribution in [1.82, 2.24) is 9.97 Å². The van der Waals surface area contributed by atoms with E-state index in [1.807, 2.05) is 0 Å². The van der Waals surface area contributed by atoms with E-state index in [0.717, 1.165) is 34.7 Å². The van der Waals surface area contributed by atoms with E-state index in [-0.39, 0.29) is 32.5 Å². The van der Waals surface area contributed by atoms with Gasteiger partial charge in [0.15, 0.2) is 11.8 Å². The van der Waals surface area contributed by atoms with Crippen molar-refractivity contribution >= 4 is 0 Å². The van der Waals surface area contributed by atoms with Gasteiger partial charge in [-0.1, -0.05) is 125 Å². The predicted octanol–water partition coefficient (Wildman–Crippen LogP) is 9.13. The fourth-order valence-electron chi connectivity index (χ4n) is 3.32. The lowest BCUT2D eigenvalue weighted by molar-refractivity contribution is 0.332. The van der Waals surface area contributed by atoms with Gasteiger partial charge in [0.25, 0.3) is 0 Å². The Hall–Kier alpha value is -1.58. The van der Waals surface area contributed by atoms with Crippen LogP contribution in [0.15, 0.2) is 8.83 Å². The zero-order valence-corrected chi connectivity index (χ0v) is 25.7. The number of rotatable bonds is 0. The topological polar surface area (TPSA) is 52.1 Å². The Morgan fingerprint density at radius 2 is 0.588 bits per heavy atom. The van der Waals surface area contributed by atoms with Crippen LogP contribution in [0.5, 0.6) is 0 Å². The van der Waals surface area contributed by atoms with Gasteiger partial charge in [-0.2, -0.15) is 0 Å². The zero-order chi connectivity index (χ0) is 27.3. The molecule has 0 atom stereocenters. The van der Waals surface area contributed by atoms with Gasteiger partial charge in [0.1, 0.15) is 11.5 Å². The first-order chi connectivity index (χ1) is 14.7. The Labute approximate surface area is 210 Å². The molecule has 0 N–H and O–H groups in total. The van der Waals surface area contributed by atoms with E-state index in [4.69, 9.17) is 18.8 Å². The van der Waals surface area contributed by atoms with Crippen LogP contribution in [0.3, 0.4) is 0 Å². The second-order valence-electron chi connectivity index (χ2n) is 15.9. The fraction of sp³-hybridized carbons (Fsp3) is 0.800. The molecule has 2 aromatic heterocycles. The summed E-state index contributed by atoms with van der Waals surface area (Å²) in [7, 11) is 0. The van der Waals surface area contributed by atoms with Gasteiger partial charge in [0.05, 0.1) is 11.4 Å². The quantitative estimate of drug-likeness (QED) is 0.382. The summed E-state index contributed by atoms with van der Waals surface area (Å²) >= 11 is 0. The highest BCUT2D eigenvalue weighted by Crippen LogP contribution is 2.38. The van der Waals surface area contributed by atoms with Crippen molar-refractivity contribution in [1.29, 1.82) is 0 Å². The van der Waals surface area contributed by atoms with Crippen molar-refractivity contribution in [3.05, 3.63) is 34.7 Å². The average molecular weight is 475 g/mol. The minimum absolute atomic E-state index is 0.000880. The third kappa shape index (κ3) is 7.71. The maximum atomic E-state index is 6.06. The van der Waals surface area contributed by atoms with Crippen molar-refractivity contribution in [2.45, 2.75) is 157 Å². The van der Waals surface area contributed by atoms with Crippen molar-refractivity contribution in [2.75, 3.05) is 0 Å². The summed E-state index contributed by atoms with van der Waals surface area (Å²) in [6.07, 6.45) is 0. The van der Waals surface area contributed by atoms with Crippen molar-refractivity contribution in [3.63, 3.8) is 0 Å². The minimum Gasteiger partial charge on any atom is -0.444 e. The van der Waals surface area contributed by atoms with E-state index in [0.29, 0.717) is 0 Å². The summed E-state index contributed by atoms with van der Waals surface area (Å²) in [6, 6.07) is 0. The molecule has 0 spiro atoms. The Morgan fingerprint density at radius 1 is 0.353 bits per heavy atom. The minimum atomic E-state index is -0.0382. The second-order valence-corrected chi connectivity index (χ2v) is 15.9. The molecule has 0 saturated carbocycles. The molecule has 0 aliphatic carbocycles. The molecule has 2 aromatic rings. The van der Waals surface area contributed by atoms with Crippen molar-refractivity contribution < 1.29 is 8.83 Å². The molecule has 0 bridgehead atoms. The lowest BCUT2D eigenvalue weighted by atomic mass is 9.83. The monoisotopic (exact) mass is 474 g/mol. The van der Waals surface area contributed by atoms with E-state index in [9.17, 15) is 0 Å². The second kappa shape index (κ2) is 9.13. The van der Waals surface area contributed by atoms with Crippen LogP contribution in [0, 0.1) is 0 Å². The van der Waals surface area contributed by atoms with Crippen LogP contribution >= 0.6 is 0 Å². The van der Waals surface area contributed by atoms with Gasteiger partial charge in [-0.15, -0.1) is 0 Å². The molecule has 0 saturated heterocycles. The number of hydrogen-bond acceptors (Lipinski definition) is 4. The molecule has 2 heterocycles. The van der Waals surface area contributed by atoms with Gasteiger partial charge in [0.2, 0.25) is 0 Å². The van der Waals surface area contributed by atoms with Crippen LogP contribution in [0.2, 0.25) is 0 Å². The molecule has 0 amide bonds. The van der Waals surface area contributed by atoms with E-state index in [1.54, 1.807) is 0 Å². The lowest BCUT2D eigenvalue weighted by Gasteiger charge is -2.22. The van der Waals surface area contributed by atoms with E-state index < -0.39 is 0 Å². The Bertz CT molecular complexity index is 805. The molecule has 4 nitrogen and oxygen atoms in total. The van der Waals surface area contributed by atoms with Crippen molar-refractivity contribution in [3.8, 4) is 0 Å².